The number of ether oxygens (including phenoxy) is 1. The van der Waals surface area contributed by atoms with Gasteiger partial charge >= 0.3 is 13.5 Å². The predicted octanol–water partition coefficient (Wildman–Crippen LogP) is 1.08. The number of Topliss-reactive ketones (excluding diaryl/α,β-unsaturated/α-hetero) is 1. The highest BCUT2D eigenvalue weighted by atomic mass is 32.7. The summed E-state index contributed by atoms with van der Waals surface area (Å²) >= 11 is 9.51. The topological polar surface area (TPSA) is 220 Å². The zero-order chi connectivity index (χ0) is 32.0. The van der Waals surface area contributed by atoms with E-state index in [0.717, 1.165) is 0 Å². The number of rotatable bonds is 2. The summed E-state index contributed by atoms with van der Waals surface area (Å²) < 4.78 is 47.7. The van der Waals surface area contributed by atoms with Crippen LogP contribution in [0.5, 0.6) is 0 Å². The van der Waals surface area contributed by atoms with Gasteiger partial charge in [0, 0.05) is 24.4 Å². The Bertz CT molecular complexity index is 2010. The molecule has 1 aliphatic carbocycles. The maximum absolute atomic E-state index is 13.7. The van der Waals surface area contributed by atoms with E-state index in [1.165, 1.54) is 23.5 Å². The number of H-pyrrole nitrogens is 1. The molecule has 18 nitrogen and oxygen atoms in total. The normalized spacial score (nSPS) is 36.4. The Morgan fingerprint density at radius 3 is 2.72 bits per heavy atom. The van der Waals surface area contributed by atoms with Crippen molar-refractivity contribution in [2.75, 3.05) is 19.8 Å². The summed E-state index contributed by atoms with van der Waals surface area (Å²) in [6, 6.07) is -0.273. The first-order valence-corrected chi connectivity index (χ1v) is 19.4. The van der Waals surface area contributed by atoms with Crippen LogP contribution in [0, 0.1) is 11.8 Å². The molecule has 0 amide bonds. The van der Waals surface area contributed by atoms with Gasteiger partial charge in [0.25, 0.3) is 5.56 Å². The lowest BCUT2D eigenvalue weighted by Crippen LogP contribution is -2.43. The van der Waals surface area contributed by atoms with Crippen LogP contribution in [-0.4, -0.2) is 92.5 Å². The molecular weight excluding hydrogens is 686 g/mol. The Kier molecular flexibility index (Phi) is 7.50. The van der Waals surface area contributed by atoms with Crippen molar-refractivity contribution in [3.05, 3.63) is 53.2 Å². The highest BCUT2D eigenvalue weighted by molar-refractivity contribution is 8.44. The Labute approximate surface area is 269 Å². The lowest BCUT2D eigenvalue weighted by Gasteiger charge is -2.45. The van der Waals surface area contributed by atoms with Crippen molar-refractivity contribution in [1.82, 2.24) is 38.6 Å². The van der Waals surface area contributed by atoms with E-state index >= 15 is 0 Å². The lowest BCUT2D eigenvalue weighted by molar-refractivity contribution is -0.0490. The molecule has 244 valence electrons. The minimum atomic E-state index is -4.15. The van der Waals surface area contributed by atoms with E-state index in [9.17, 15) is 24.2 Å². The molecule has 3 N–H and O–H groups in total. The molecule has 0 aromatic carbocycles. The van der Waals surface area contributed by atoms with Gasteiger partial charge in [-0.05, 0) is 24.1 Å². The van der Waals surface area contributed by atoms with Crippen LogP contribution >= 0.6 is 25.8 Å². The fourth-order valence-corrected chi connectivity index (χ4v) is 9.10. The second-order valence-corrected chi connectivity index (χ2v) is 17.1. The van der Waals surface area contributed by atoms with Gasteiger partial charge in [-0.3, -0.25) is 23.2 Å². The number of imidazole rings is 3. The molecule has 1 saturated carbocycles. The van der Waals surface area contributed by atoms with Gasteiger partial charge in [0.05, 0.1) is 45.2 Å². The standard InChI is InChI=1S/C24H26N8O10P2S2/c33-14-4-16-25-1-2-30(16)23-17(14)28-10-32(23)24-20-19(34)15(41-24)7-40-43(36,45)39-6-12-11(5-38-44(37,46)42-20)3-13(12)31-9-29-18-21(31)26-8-27-22(18)35/h1-2,8-13,15,19-20,24,34H,3-7H2,(H,36,45)(H,37,46)(H,26,27,35)/t11-,12-,13-,15-,19-,20-,24-,43?,44?/m1/s1. The van der Waals surface area contributed by atoms with E-state index in [0.29, 0.717) is 23.7 Å². The van der Waals surface area contributed by atoms with Gasteiger partial charge in [-0.1, -0.05) is 12.2 Å². The van der Waals surface area contributed by atoms with Crippen LogP contribution in [0.3, 0.4) is 0 Å². The predicted molar refractivity (Wildman–Crippen MR) is 162 cm³/mol. The van der Waals surface area contributed by atoms with Crippen LogP contribution < -0.4 is 5.56 Å². The van der Waals surface area contributed by atoms with Gasteiger partial charge in [-0.2, -0.15) is 0 Å². The molecule has 46 heavy (non-hydrogen) atoms. The fourth-order valence-electron chi connectivity index (χ4n) is 6.46. The first-order chi connectivity index (χ1) is 22.0. The third kappa shape index (κ3) is 5.16. The minimum Gasteiger partial charge on any atom is -0.387 e. The number of nitrogens with one attached hydrogen (secondary N) is 1. The van der Waals surface area contributed by atoms with Crippen LogP contribution in [-0.2, 0) is 45.6 Å². The quantitative estimate of drug-likeness (QED) is 0.169. The molecule has 8 rings (SSSR count). The van der Waals surface area contributed by atoms with Gasteiger partial charge < -0.3 is 37.9 Å². The average molecular weight is 713 g/mol. The third-order valence-corrected chi connectivity index (χ3v) is 12.0. The van der Waals surface area contributed by atoms with E-state index in [1.54, 1.807) is 21.5 Å². The summed E-state index contributed by atoms with van der Waals surface area (Å²) in [6.07, 6.45) is 2.75. The number of carbonyl (C=O) groups is 1. The lowest BCUT2D eigenvalue weighted by atomic mass is 9.70. The van der Waals surface area contributed by atoms with Crippen LogP contribution in [0.15, 0.2) is 36.2 Å². The number of ketones is 1. The molecule has 7 heterocycles. The summed E-state index contributed by atoms with van der Waals surface area (Å²) in [7, 11) is 0. The van der Waals surface area contributed by atoms with E-state index < -0.39 is 44.7 Å². The van der Waals surface area contributed by atoms with Crippen LogP contribution in [0.2, 0.25) is 0 Å². The summed E-state index contributed by atoms with van der Waals surface area (Å²) in [5, 5.41) is 11.3. The molecular formula is C24H26N8O10P2S2. The maximum atomic E-state index is 13.7. The Morgan fingerprint density at radius 2 is 1.87 bits per heavy atom. The molecule has 9 atom stereocenters. The van der Waals surface area contributed by atoms with Gasteiger partial charge in [0.15, 0.2) is 29.0 Å². The second kappa shape index (κ2) is 11.2. The molecule has 0 radical (unpaired) electrons. The van der Waals surface area contributed by atoms with E-state index in [4.69, 9.17) is 34.6 Å². The molecule has 2 bridgehead atoms. The number of nitrogens with zero attached hydrogens (tertiary/aromatic N) is 7. The Morgan fingerprint density at radius 1 is 1.07 bits per heavy atom. The number of aliphatic hydroxyl groups is 1. The molecule has 3 fully saturated rings. The molecule has 2 unspecified atom stereocenters. The van der Waals surface area contributed by atoms with Crippen molar-refractivity contribution < 1.29 is 42.2 Å². The van der Waals surface area contributed by atoms with Crippen molar-refractivity contribution >= 4 is 54.5 Å². The first kappa shape index (κ1) is 30.7. The smallest absolute Gasteiger partial charge is 0.386 e. The SMILES string of the molecule is O=C1Cc2nccn2-c2c1ncn2[C@@H]1O[C@@H]2COP(O)(=S)OC[C@@H]3[C@@H](COP(=O)(S)O[C@@H]1[C@@H]2O)C[C@H]3n1cnc2c(=O)[nH]cnc21. The van der Waals surface area contributed by atoms with Crippen LogP contribution in [0.4, 0.5) is 0 Å². The average Bonchev–Trinajstić information content (AvgIpc) is 3.78. The number of hydrogen-bond acceptors (Lipinski definition) is 14. The largest absolute Gasteiger partial charge is 0.387 e. The number of fused-ring (bicyclic) bond motifs is 7. The molecule has 22 heteroatoms. The van der Waals surface area contributed by atoms with Crippen LogP contribution in [0.1, 0.15) is 35.0 Å². The van der Waals surface area contributed by atoms with Crippen molar-refractivity contribution in [2.45, 2.75) is 43.4 Å². The second-order valence-electron chi connectivity index (χ2n) is 11.4. The molecule has 2 saturated heterocycles. The van der Waals surface area contributed by atoms with Crippen molar-refractivity contribution in [3.63, 3.8) is 0 Å². The number of aromatic amines is 1. The van der Waals surface area contributed by atoms with Crippen molar-refractivity contribution in [2.24, 2.45) is 11.8 Å². The molecule has 4 aromatic heterocycles. The summed E-state index contributed by atoms with van der Waals surface area (Å²) in [4.78, 5) is 55.4. The Balaban J connectivity index is 1.09. The van der Waals surface area contributed by atoms with E-state index in [1.807, 2.05) is 0 Å². The minimum absolute atomic E-state index is 0.0528. The highest BCUT2D eigenvalue weighted by Crippen LogP contribution is 2.59. The van der Waals surface area contributed by atoms with Gasteiger partial charge in [0.2, 0.25) is 0 Å². The van der Waals surface area contributed by atoms with Gasteiger partial charge in [-0.15, -0.1) is 0 Å². The number of hydrogen-bond donors (Lipinski definition) is 4. The summed E-state index contributed by atoms with van der Waals surface area (Å²) in [5.74, 6) is -0.0757. The summed E-state index contributed by atoms with van der Waals surface area (Å²) in [5.41, 5.74) is 0.316. The zero-order valence-corrected chi connectivity index (χ0v) is 27.0. The van der Waals surface area contributed by atoms with Crippen molar-refractivity contribution in [3.8, 4) is 5.82 Å². The molecule has 4 aliphatic rings. The zero-order valence-electron chi connectivity index (χ0n) is 23.5. The van der Waals surface area contributed by atoms with Gasteiger partial charge in [0.1, 0.15) is 29.8 Å². The fraction of sp³-hybridized carbons (Fsp3) is 0.500. The third-order valence-electron chi connectivity index (χ3n) is 8.79. The number of carbonyl (C=O) groups excluding carboxylic acids is 1. The summed E-state index contributed by atoms with van der Waals surface area (Å²) in [6.45, 7) is -8.59. The maximum Gasteiger partial charge on any atom is 0.386 e. The van der Waals surface area contributed by atoms with Crippen molar-refractivity contribution in [1.29, 1.82) is 0 Å². The molecule has 4 aromatic rings. The molecule has 0 spiro atoms. The Hall–Kier alpha value is -2.61. The van der Waals surface area contributed by atoms with E-state index in [2.05, 4.69) is 37.2 Å². The number of aliphatic hydroxyl groups excluding tert-OH is 1. The number of aromatic nitrogens is 8. The van der Waals surface area contributed by atoms with Gasteiger partial charge in [-0.25, -0.2) is 24.5 Å². The highest BCUT2D eigenvalue weighted by Gasteiger charge is 2.51. The first-order valence-electron chi connectivity index (χ1n) is 14.1. The monoisotopic (exact) mass is 712 g/mol. The van der Waals surface area contributed by atoms with E-state index in [-0.39, 0.29) is 60.1 Å². The van der Waals surface area contributed by atoms with Crippen LogP contribution in [0.25, 0.3) is 17.0 Å². The molecule has 3 aliphatic heterocycles. The number of thiol groups is 1.